The van der Waals surface area contributed by atoms with Gasteiger partial charge < -0.3 is 14.8 Å². The molecule has 1 aliphatic rings. The summed E-state index contributed by atoms with van der Waals surface area (Å²) < 4.78 is 23.8. The van der Waals surface area contributed by atoms with Gasteiger partial charge in [0.15, 0.2) is 0 Å². The Bertz CT molecular complexity index is 455. The molecular formula is C12H13BrFNO3. The van der Waals surface area contributed by atoms with Crippen molar-refractivity contribution >= 4 is 21.8 Å². The monoisotopic (exact) mass is 317 g/mol. The van der Waals surface area contributed by atoms with E-state index in [2.05, 4.69) is 21.2 Å². The molecule has 1 amide bonds. The van der Waals surface area contributed by atoms with Crippen molar-refractivity contribution in [3.05, 3.63) is 22.2 Å². The molecule has 2 atom stereocenters. The van der Waals surface area contributed by atoms with E-state index >= 15 is 0 Å². The molecule has 1 saturated carbocycles. The third-order valence-corrected chi connectivity index (χ3v) is 3.18. The maximum atomic E-state index is 12.8. The number of rotatable bonds is 4. The molecular weight excluding hydrogens is 305 g/mol. The summed E-state index contributed by atoms with van der Waals surface area (Å²) in [6.07, 6.45) is -0.575. The van der Waals surface area contributed by atoms with Crippen LogP contribution in [0.2, 0.25) is 0 Å². The lowest BCUT2D eigenvalue weighted by molar-refractivity contribution is 0.0941. The topological polar surface area (TPSA) is 47.6 Å². The van der Waals surface area contributed by atoms with E-state index in [0.29, 0.717) is 17.9 Å². The molecule has 0 saturated heterocycles. The molecule has 0 aliphatic heterocycles. The van der Waals surface area contributed by atoms with Gasteiger partial charge in [0, 0.05) is 10.9 Å². The Balaban J connectivity index is 2.31. The molecule has 1 N–H and O–H groups in total. The van der Waals surface area contributed by atoms with Crippen molar-refractivity contribution in [1.82, 2.24) is 5.32 Å². The van der Waals surface area contributed by atoms with Gasteiger partial charge in [0.2, 0.25) is 0 Å². The zero-order valence-electron chi connectivity index (χ0n) is 10.00. The van der Waals surface area contributed by atoms with Crippen LogP contribution in [0, 0.1) is 0 Å². The fourth-order valence-electron chi connectivity index (χ4n) is 1.66. The summed E-state index contributed by atoms with van der Waals surface area (Å²) in [6, 6.07) is 2.93. The molecule has 0 spiro atoms. The molecule has 0 heterocycles. The number of carbonyl (C=O) groups is 1. The number of amides is 1. The van der Waals surface area contributed by atoms with Crippen molar-refractivity contribution in [1.29, 1.82) is 0 Å². The SMILES string of the molecule is COc1cc(Br)cc(OC)c1C(=O)N[C@@H]1C[C@@H]1F. The van der Waals surface area contributed by atoms with E-state index in [4.69, 9.17) is 9.47 Å². The lowest BCUT2D eigenvalue weighted by Crippen LogP contribution is -2.28. The van der Waals surface area contributed by atoms with Crippen molar-refractivity contribution in [2.24, 2.45) is 0 Å². The van der Waals surface area contributed by atoms with Gasteiger partial charge in [0.1, 0.15) is 23.2 Å². The quantitative estimate of drug-likeness (QED) is 0.927. The lowest BCUT2D eigenvalue weighted by Gasteiger charge is -2.13. The van der Waals surface area contributed by atoms with Gasteiger partial charge in [-0.05, 0) is 12.1 Å². The summed E-state index contributed by atoms with van der Waals surface area (Å²) in [7, 11) is 2.93. The first-order valence-corrected chi connectivity index (χ1v) is 6.22. The second-order valence-corrected chi connectivity index (χ2v) is 4.93. The summed E-state index contributed by atoms with van der Waals surface area (Å²) in [5, 5.41) is 2.60. The van der Waals surface area contributed by atoms with Crippen molar-refractivity contribution in [3.8, 4) is 11.5 Å². The Labute approximate surface area is 113 Å². The van der Waals surface area contributed by atoms with Crippen LogP contribution in [0.25, 0.3) is 0 Å². The molecule has 4 nitrogen and oxygen atoms in total. The minimum absolute atomic E-state index is 0.280. The highest BCUT2D eigenvalue weighted by atomic mass is 79.9. The number of hydrogen-bond donors (Lipinski definition) is 1. The highest BCUT2D eigenvalue weighted by molar-refractivity contribution is 9.10. The Morgan fingerprint density at radius 3 is 2.28 bits per heavy atom. The second-order valence-electron chi connectivity index (χ2n) is 4.02. The highest BCUT2D eigenvalue weighted by Crippen LogP contribution is 2.34. The largest absolute Gasteiger partial charge is 0.496 e. The maximum Gasteiger partial charge on any atom is 0.259 e. The van der Waals surface area contributed by atoms with Crippen LogP contribution in [-0.4, -0.2) is 32.3 Å². The molecule has 1 fully saturated rings. The summed E-state index contributed by atoms with van der Waals surface area (Å²) in [4.78, 5) is 12.1. The standard InChI is InChI=1S/C12H13BrFNO3/c1-17-9-3-6(13)4-10(18-2)11(9)12(16)15-8-5-7(8)14/h3-4,7-8H,5H2,1-2H3,(H,15,16)/t7-,8+/m0/s1. The van der Waals surface area contributed by atoms with Gasteiger partial charge in [0.05, 0.1) is 20.3 Å². The molecule has 1 aromatic carbocycles. The highest BCUT2D eigenvalue weighted by Gasteiger charge is 2.39. The zero-order chi connectivity index (χ0) is 13.3. The number of ether oxygens (including phenoxy) is 2. The number of halogens is 2. The van der Waals surface area contributed by atoms with E-state index in [0.717, 1.165) is 4.47 Å². The van der Waals surface area contributed by atoms with Gasteiger partial charge in [-0.2, -0.15) is 0 Å². The van der Waals surface area contributed by atoms with Gasteiger partial charge in [-0.25, -0.2) is 4.39 Å². The molecule has 18 heavy (non-hydrogen) atoms. The third kappa shape index (κ3) is 2.58. The van der Waals surface area contributed by atoms with Crippen LogP contribution in [0.1, 0.15) is 16.8 Å². The van der Waals surface area contributed by atoms with Crippen LogP contribution in [0.5, 0.6) is 11.5 Å². The molecule has 0 aromatic heterocycles. The number of hydrogen-bond acceptors (Lipinski definition) is 3. The summed E-state index contributed by atoms with van der Waals surface area (Å²) in [5.41, 5.74) is 0.280. The van der Waals surface area contributed by atoms with Crippen molar-refractivity contribution in [2.45, 2.75) is 18.6 Å². The number of benzene rings is 1. The van der Waals surface area contributed by atoms with E-state index in [1.807, 2.05) is 0 Å². The minimum atomic E-state index is -0.943. The number of methoxy groups -OCH3 is 2. The van der Waals surface area contributed by atoms with E-state index in [1.165, 1.54) is 14.2 Å². The summed E-state index contributed by atoms with van der Waals surface area (Å²) >= 11 is 3.30. The van der Waals surface area contributed by atoms with Crippen LogP contribution in [0.4, 0.5) is 4.39 Å². The number of nitrogens with one attached hydrogen (secondary N) is 1. The maximum absolute atomic E-state index is 12.8. The summed E-state index contributed by atoms with van der Waals surface area (Å²) in [6.45, 7) is 0. The molecule has 1 aromatic rings. The summed E-state index contributed by atoms with van der Waals surface area (Å²) in [5.74, 6) is 0.380. The molecule has 1 aliphatic carbocycles. The van der Waals surface area contributed by atoms with Gasteiger partial charge in [0.25, 0.3) is 5.91 Å². The van der Waals surface area contributed by atoms with Crippen molar-refractivity contribution in [2.75, 3.05) is 14.2 Å². The first-order chi connectivity index (χ1) is 8.56. The van der Waals surface area contributed by atoms with E-state index in [1.54, 1.807) is 12.1 Å². The fourth-order valence-corrected chi connectivity index (χ4v) is 2.07. The predicted octanol–water partition coefficient (Wildman–Crippen LogP) is 2.31. The van der Waals surface area contributed by atoms with E-state index in [9.17, 15) is 9.18 Å². The number of alkyl halides is 1. The molecule has 0 unspecified atom stereocenters. The van der Waals surface area contributed by atoms with Gasteiger partial charge in [-0.3, -0.25) is 4.79 Å². The first kappa shape index (κ1) is 13.1. The predicted molar refractivity (Wildman–Crippen MR) is 68.0 cm³/mol. The molecule has 6 heteroatoms. The van der Waals surface area contributed by atoms with Crippen LogP contribution < -0.4 is 14.8 Å². The van der Waals surface area contributed by atoms with Gasteiger partial charge in [-0.15, -0.1) is 0 Å². The molecule has 2 rings (SSSR count). The van der Waals surface area contributed by atoms with Crippen molar-refractivity contribution < 1.29 is 18.7 Å². The van der Waals surface area contributed by atoms with Crippen LogP contribution in [0.15, 0.2) is 16.6 Å². The first-order valence-electron chi connectivity index (χ1n) is 5.43. The van der Waals surface area contributed by atoms with Crippen molar-refractivity contribution in [3.63, 3.8) is 0 Å². The fraction of sp³-hybridized carbons (Fsp3) is 0.417. The Morgan fingerprint density at radius 2 is 1.89 bits per heavy atom. The minimum Gasteiger partial charge on any atom is -0.496 e. The molecule has 0 radical (unpaired) electrons. The van der Waals surface area contributed by atoms with Gasteiger partial charge >= 0.3 is 0 Å². The zero-order valence-corrected chi connectivity index (χ0v) is 11.6. The van der Waals surface area contributed by atoms with Crippen LogP contribution >= 0.6 is 15.9 Å². The second kappa shape index (κ2) is 5.14. The van der Waals surface area contributed by atoms with Crippen LogP contribution in [-0.2, 0) is 0 Å². The third-order valence-electron chi connectivity index (χ3n) is 2.73. The average Bonchev–Trinajstić information content (AvgIpc) is 3.03. The Kier molecular flexibility index (Phi) is 3.75. The molecule has 98 valence electrons. The van der Waals surface area contributed by atoms with Crippen LogP contribution in [0.3, 0.4) is 0 Å². The number of carbonyl (C=O) groups excluding carboxylic acids is 1. The molecule has 0 bridgehead atoms. The average molecular weight is 318 g/mol. The van der Waals surface area contributed by atoms with E-state index < -0.39 is 12.2 Å². The van der Waals surface area contributed by atoms with E-state index in [-0.39, 0.29) is 11.5 Å². The normalized spacial score (nSPS) is 21.3. The van der Waals surface area contributed by atoms with Gasteiger partial charge in [-0.1, -0.05) is 15.9 Å². The lowest BCUT2D eigenvalue weighted by atomic mass is 10.1. The smallest absolute Gasteiger partial charge is 0.259 e. The Morgan fingerprint density at radius 1 is 1.39 bits per heavy atom. The Hall–Kier alpha value is -1.30.